The molecule has 1 aromatic heterocycles. The number of hydrogen-bond acceptors (Lipinski definition) is 4. The molecule has 1 atom stereocenters. The molecular formula is C12H18ClNO3S2. The molecule has 0 spiro atoms. The lowest BCUT2D eigenvalue weighted by Gasteiger charge is -2.15. The van der Waals surface area contributed by atoms with Crippen LogP contribution in [0.5, 0.6) is 0 Å². The molecule has 0 aliphatic rings. The fourth-order valence-electron chi connectivity index (χ4n) is 1.85. The van der Waals surface area contributed by atoms with E-state index in [4.69, 9.17) is 10.7 Å². The number of carbonyl (C=O) groups is 1. The van der Waals surface area contributed by atoms with Crippen LogP contribution in [0.25, 0.3) is 0 Å². The summed E-state index contributed by atoms with van der Waals surface area (Å²) in [4.78, 5) is 12.1. The first-order chi connectivity index (χ1) is 8.81. The van der Waals surface area contributed by atoms with Gasteiger partial charge in [0.1, 0.15) is 4.21 Å². The first-order valence-corrected chi connectivity index (χ1v) is 9.33. The average molecular weight is 324 g/mol. The molecule has 1 rings (SSSR count). The standard InChI is InChI=1S/C12H18ClNO3S2/c1-4-6-9(5-2)14-11(15)10-7-18-12(8(10)3)19(13,16)17/h7,9H,4-6H2,1-3H3,(H,14,15). The highest BCUT2D eigenvalue weighted by Crippen LogP contribution is 2.29. The van der Waals surface area contributed by atoms with Gasteiger partial charge in [-0.3, -0.25) is 4.79 Å². The molecular weight excluding hydrogens is 306 g/mol. The third-order valence-electron chi connectivity index (χ3n) is 2.93. The first-order valence-electron chi connectivity index (χ1n) is 6.14. The highest BCUT2D eigenvalue weighted by molar-refractivity contribution is 8.15. The van der Waals surface area contributed by atoms with E-state index >= 15 is 0 Å². The molecule has 0 radical (unpaired) electrons. The molecule has 0 aliphatic carbocycles. The Hall–Kier alpha value is -0.590. The van der Waals surface area contributed by atoms with Crippen LogP contribution in [-0.2, 0) is 9.05 Å². The zero-order valence-corrected chi connectivity index (χ0v) is 13.6. The van der Waals surface area contributed by atoms with Gasteiger partial charge < -0.3 is 5.32 Å². The molecule has 1 amide bonds. The van der Waals surface area contributed by atoms with Gasteiger partial charge in [0, 0.05) is 22.1 Å². The van der Waals surface area contributed by atoms with E-state index in [1.54, 1.807) is 12.3 Å². The second-order valence-corrected chi connectivity index (χ2v) is 8.01. The smallest absolute Gasteiger partial charge is 0.271 e. The largest absolute Gasteiger partial charge is 0.349 e. The number of nitrogens with one attached hydrogen (secondary N) is 1. The van der Waals surface area contributed by atoms with Crippen LogP contribution in [0.3, 0.4) is 0 Å². The Bertz CT molecular complexity index is 551. The van der Waals surface area contributed by atoms with Gasteiger partial charge in [-0.05, 0) is 25.3 Å². The molecule has 1 heterocycles. The van der Waals surface area contributed by atoms with Gasteiger partial charge in [0.2, 0.25) is 0 Å². The van der Waals surface area contributed by atoms with Gasteiger partial charge in [0.15, 0.2) is 0 Å². The Morgan fingerprint density at radius 3 is 2.53 bits per heavy atom. The maximum Gasteiger partial charge on any atom is 0.271 e. The molecule has 0 aromatic carbocycles. The van der Waals surface area contributed by atoms with Crippen molar-refractivity contribution in [2.24, 2.45) is 0 Å². The quantitative estimate of drug-likeness (QED) is 0.817. The highest BCUT2D eigenvalue weighted by atomic mass is 35.7. The number of carbonyl (C=O) groups excluding carboxylic acids is 1. The number of hydrogen-bond donors (Lipinski definition) is 1. The highest BCUT2D eigenvalue weighted by Gasteiger charge is 2.22. The zero-order valence-electron chi connectivity index (χ0n) is 11.2. The number of amides is 1. The summed E-state index contributed by atoms with van der Waals surface area (Å²) in [6, 6.07) is 0.118. The summed E-state index contributed by atoms with van der Waals surface area (Å²) in [5.41, 5.74) is 0.808. The summed E-state index contributed by atoms with van der Waals surface area (Å²) in [6.45, 7) is 5.67. The summed E-state index contributed by atoms with van der Waals surface area (Å²) in [7, 11) is 1.54. The minimum Gasteiger partial charge on any atom is -0.349 e. The maximum atomic E-state index is 12.1. The maximum absolute atomic E-state index is 12.1. The van der Waals surface area contributed by atoms with E-state index in [0.29, 0.717) is 11.1 Å². The topological polar surface area (TPSA) is 63.2 Å². The van der Waals surface area contributed by atoms with Crippen LogP contribution in [0.1, 0.15) is 49.0 Å². The van der Waals surface area contributed by atoms with Gasteiger partial charge >= 0.3 is 0 Å². The molecule has 0 saturated carbocycles. The number of halogens is 1. The minimum atomic E-state index is -3.78. The van der Waals surface area contributed by atoms with Crippen molar-refractivity contribution in [2.75, 3.05) is 0 Å². The predicted molar refractivity (Wildman–Crippen MR) is 78.5 cm³/mol. The van der Waals surface area contributed by atoms with Crippen LogP contribution >= 0.6 is 22.0 Å². The van der Waals surface area contributed by atoms with Gasteiger partial charge in [0.25, 0.3) is 15.0 Å². The Labute approximate surface area is 122 Å². The van der Waals surface area contributed by atoms with Gasteiger partial charge in [0.05, 0.1) is 5.56 Å². The number of rotatable bonds is 6. The van der Waals surface area contributed by atoms with E-state index in [9.17, 15) is 13.2 Å². The van der Waals surface area contributed by atoms with E-state index in [2.05, 4.69) is 12.2 Å². The average Bonchev–Trinajstić information content (AvgIpc) is 2.70. The lowest BCUT2D eigenvalue weighted by molar-refractivity contribution is 0.0933. The SMILES string of the molecule is CCCC(CC)NC(=O)c1csc(S(=O)(=O)Cl)c1C. The fraction of sp³-hybridized carbons (Fsp3) is 0.583. The Morgan fingerprint density at radius 1 is 1.47 bits per heavy atom. The summed E-state index contributed by atoms with van der Waals surface area (Å²) in [6.07, 6.45) is 2.75. The van der Waals surface area contributed by atoms with Gasteiger partial charge in [-0.1, -0.05) is 20.3 Å². The van der Waals surface area contributed by atoms with E-state index in [1.807, 2.05) is 6.92 Å². The monoisotopic (exact) mass is 323 g/mol. The molecule has 1 unspecified atom stereocenters. The Kier molecular flexibility index (Phi) is 5.82. The third-order valence-corrected chi connectivity index (χ3v) is 6.23. The molecule has 7 heteroatoms. The van der Waals surface area contributed by atoms with Crippen molar-refractivity contribution in [3.8, 4) is 0 Å². The van der Waals surface area contributed by atoms with Crippen molar-refractivity contribution in [3.05, 3.63) is 16.5 Å². The van der Waals surface area contributed by atoms with Crippen LogP contribution in [0.15, 0.2) is 9.59 Å². The summed E-state index contributed by atoms with van der Waals surface area (Å²) in [5.74, 6) is -0.236. The molecule has 0 aliphatic heterocycles. The molecule has 19 heavy (non-hydrogen) atoms. The van der Waals surface area contributed by atoms with E-state index in [0.717, 1.165) is 30.6 Å². The van der Waals surface area contributed by atoms with Crippen molar-refractivity contribution < 1.29 is 13.2 Å². The van der Waals surface area contributed by atoms with Crippen molar-refractivity contribution in [2.45, 2.75) is 50.3 Å². The van der Waals surface area contributed by atoms with E-state index < -0.39 is 9.05 Å². The lowest BCUT2D eigenvalue weighted by atomic mass is 10.1. The zero-order chi connectivity index (χ0) is 14.6. The summed E-state index contributed by atoms with van der Waals surface area (Å²) >= 11 is 0.979. The molecule has 108 valence electrons. The second-order valence-electron chi connectivity index (χ2n) is 4.37. The van der Waals surface area contributed by atoms with Crippen LogP contribution in [0, 0.1) is 6.92 Å². The fourth-order valence-corrected chi connectivity index (χ4v) is 4.40. The van der Waals surface area contributed by atoms with Crippen molar-refractivity contribution >= 4 is 37.0 Å². The van der Waals surface area contributed by atoms with Crippen molar-refractivity contribution in [3.63, 3.8) is 0 Å². The van der Waals surface area contributed by atoms with E-state index in [-0.39, 0.29) is 16.2 Å². The van der Waals surface area contributed by atoms with Crippen LogP contribution in [-0.4, -0.2) is 20.4 Å². The Balaban J connectivity index is 2.93. The molecule has 1 aromatic rings. The number of thiophene rings is 1. The van der Waals surface area contributed by atoms with E-state index in [1.165, 1.54) is 0 Å². The predicted octanol–water partition coefficient (Wildman–Crippen LogP) is 3.29. The van der Waals surface area contributed by atoms with Crippen LogP contribution in [0.4, 0.5) is 0 Å². The van der Waals surface area contributed by atoms with Crippen LogP contribution in [0.2, 0.25) is 0 Å². The second kappa shape index (κ2) is 6.72. The Morgan fingerprint density at radius 2 is 2.11 bits per heavy atom. The van der Waals surface area contributed by atoms with Gasteiger partial charge in [-0.2, -0.15) is 0 Å². The lowest BCUT2D eigenvalue weighted by Crippen LogP contribution is -2.34. The van der Waals surface area contributed by atoms with Gasteiger partial charge in [-0.25, -0.2) is 8.42 Å². The molecule has 0 bridgehead atoms. The summed E-state index contributed by atoms with van der Waals surface area (Å²) in [5, 5.41) is 4.46. The molecule has 1 N–H and O–H groups in total. The van der Waals surface area contributed by atoms with Crippen LogP contribution < -0.4 is 5.32 Å². The molecule has 0 fully saturated rings. The third kappa shape index (κ3) is 4.19. The van der Waals surface area contributed by atoms with Crippen molar-refractivity contribution in [1.29, 1.82) is 0 Å². The van der Waals surface area contributed by atoms with Gasteiger partial charge in [-0.15, -0.1) is 11.3 Å². The summed E-state index contributed by atoms with van der Waals surface area (Å²) < 4.78 is 22.7. The first kappa shape index (κ1) is 16.5. The van der Waals surface area contributed by atoms with Crippen molar-refractivity contribution in [1.82, 2.24) is 5.32 Å². The normalized spacial score (nSPS) is 13.3. The molecule has 0 saturated heterocycles. The minimum absolute atomic E-state index is 0.0443. The molecule has 4 nitrogen and oxygen atoms in total.